The van der Waals surface area contributed by atoms with Gasteiger partial charge in [-0.2, -0.15) is 0 Å². The third-order valence-electron chi connectivity index (χ3n) is 5.50. The lowest BCUT2D eigenvalue weighted by atomic mass is 9.73. The number of nitrogens with one attached hydrogen (secondary N) is 1. The third-order valence-corrected chi connectivity index (χ3v) is 5.50. The molecule has 1 fully saturated rings. The molecular weight excluding hydrogens is 356 g/mol. The quantitative estimate of drug-likeness (QED) is 0.736. The van der Waals surface area contributed by atoms with E-state index in [4.69, 9.17) is 9.47 Å². The van der Waals surface area contributed by atoms with E-state index >= 15 is 0 Å². The standard InChI is InChI=1S/C21H24N4O3/c1-15(19-24-23-18-5-3-4-12-25(18)19)22-20(26)21(10-13-28-14-11-21)16-6-8-17(27-2)9-7-16/h3-9,12,15H,10-11,13-14H2,1-2H3,(H,22,26). The van der Waals surface area contributed by atoms with E-state index in [1.54, 1.807) is 7.11 Å². The second-order valence-corrected chi connectivity index (χ2v) is 7.11. The Morgan fingerprint density at radius 1 is 1.18 bits per heavy atom. The molecule has 1 aliphatic rings. The van der Waals surface area contributed by atoms with Gasteiger partial charge in [-0.1, -0.05) is 18.2 Å². The first-order chi connectivity index (χ1) is 13.6. The molecule has 28 heavy (non-hydrogen) atoms. The molecule has 0 spiro atoms. The van der Waals surface area contributed by atoms with Gasteiger partial charge in [0.2, 0.25) is 5.91 Å². The molecule has 2 aromatic heterocycles. The minimum absolute atomic E-state index is 0.0128. The van der Waals surface area contributed by atoms with E-state index < -0.39 is 5.41 Å². The molecule has 146 valence electrons. The fourth-order valence-electron chi connectivity index (χ4n) is 3.83. The van der Waals surface area contributed by atoms with Crippen molar-refractivity contribution >= 4 is 11.6 Å². The number of amides is 1. The Kier molecular flexibility index (Phi) is 5.00. The molecule has 1 saturated heterocycles. The highest BCUT2D eigenvalue weighted by molar-refractivity contribution is 5.88. The van der Waals surface area contributed by atoms with E-state index in [-0.39, 0.29) is 11.9 Å². The van der Waals surface area contributed by atoms with Crippen molar-refractivity contribution in [1.29, 1.82) is 0 Å². The maximum atomic E-state index is 13.5. The van der Waals surface area contributed by atoms with Crippen LogP contribution in [0.2, 0.25) is 0 Å². The Bertz CT molecular complexity index is 961. The molecule has 0 radical (unpaired) electrons. The Morgan fingerprint density at radius 3 is 2.64 bits per heavy atom. The lowest BCUT2D eigenvalue weighted by Crippen LogP contribution is -2.48. The molecule has 1 aromatic carbocycles. The second-order valence-electron chi connectivity index (χ2n) is 7.11. The Hall–Kier alpha value is -2.93. The topological polar surface area (TPSA) is 77.8 Å². The van der Waals surface area contributed by atoms with Crippen molar-refractivity contribution in [1.82, 2.24) is 19.9 Å². The zero-order valence-electron chi connectivity index (χ0n) is 16.1. The highest BCUT2D eigenvalue weighted by Gasteiger charge is 2.42. The molecule has 4 rings (SSSR count). The van der Waals surface area contributed by atoms with Crippen LogP contribution in [0.3, 0.4) is 0 Å². The highest BCUT2D eigenvalue weighted by atomic mass is 16.5. The number of rotatable bonds is 5. The van der Waals surface area contributed by atoms with Crippen LogP contribution in [0.25, 0.3) is 5.65 Å². The van der Waals surface area contributed by atoms with E-state index in [9.17, 15) is 4.79 Å². The van der Waals surface area contributed by atoms with Crippen molar-refractivity contribution in [3.63, 3.8) is 0 Å². The van der Waals surface area contributed by atoms with Crippen LogP contribution in [0.5, 0.6) is 5.75 Å². The van der Waals surface area contributed by atoms with Gasteiger partial charge in [0, 0.05) is 19.4 Å². The average Bonchev–Trinajstić information content (AvgIpc) is 3.18. The van der Waals surface area contributed by atoms with Crippen molar-refractivity contribution < 1.29 is 14.3 Å². The van der Waals surface area contributed by atoms with Crippen LogP contribution in [0.15, 0.2) is 48.7 Å². The molecule has 1 aliphatic heterocycles. The fraction of sp³-hybridized carbons (Fsp3) is 0.381. The van der Waals surface area contributed by atoms with Crippen LogP contribution in [-0.2, 0) is 14.9 Å². The Labute approximate surface area is 163 Å². The lowest BCUT2D eigenvalue weighted by Gasteiger charge is -2.37. The molecule has 1 amide bonds. The summed E-state index contributed by atoms with van der Waals surface area (Å²) in [6.07, 6.45) is 3.18. The summed E-state index contributed by atoms with van der Waals surface area (Å²) >= 11 is 0. The molecule has 0 saturated carbocycles. The van der Waals surface area contributed by atoms with Crippen LogP contribution < -0.4 is 10.1 Å². The summed E-state index contributed by atoms with van der Waals surface area (Å²) in [5.74, 6) is 1.47. The van der Waals surface area contributed by atoms with E-state index in [2.05, 4.69) is 15.5 Å². The number of hydrogen-bond donors (Lipinski definition) is 1. The molecule has 3 heterocycles. The van der Waals surface area contributed by atoms with Crippen LogP contribution in [0.4, 0.5) is 0 Å². The van der Waals surface area contributed by atoms with Gasteiger partial charge >= 0.3 is 0 Å². The molecule has 0 bridgehead atoms. The number of hydrogen-bond acceptors (Lipinski definition) is 5. The van der Waals surface area contributed by atoms with Gasteiger partial charge in [0.25, 0.3) is 0 Å². The summed E-state index contributed by atoms with van der Waals surface area (Å²) < 4.78 is 12.7. The number of benzene rings is 1. The molecule has 0 aliphatic carbocycles. The predicted octanol–water partition coefficient (Wildman–Crippen LogP) is 2.66. The van der Waals surface area contributed by atoms with Crippen LogP contribution in [0.1, 0.15) is 37.2 Å². The molecule has 7 nitrogen and oxygen atoms in total. The van der Waals surface area contributed by atoms with Crippen molar-refractivity contribution in [2.75, 3.05) is 20.3 Å². The first-order valence-corrected chi connectivity index (χ1v) is 9.47. The maximum absolute atomic E-state index is 13.5. The SMILES string of the molecule is COc1ccc(C2(C(=O)NC(C)c3nnc4ccccn34)CCOCC2)cc1. The molecule has 1 atom stereocenters. The van der Waals surface area contributed by atoms with Crippen LogP contribution >= 0.6 is 0 Å². The normalized spacial score (nSPS) is 17.2. The second kappa shape index (κ2) is 7.59. The summed E-state index contributed by atoms with van der Waals surface area (Å²) in [4.78, 5) is 13.5. The number of ether oxygens (including phenoxy) is 2. The Balaban J connectivity index is 1.62. The maximum Gasteiger partial charge on any atom is 0.231 e. The van der Waals surface area contributed by atoms with E-state index in [0.717, 1.165) is 17.0 Å². The minimum Gasteiger partial charge on any atom is -0.497 e. The number of carbonyl (C=O) groups is 1. The highest BCUT2D eigenvalue weighted by Crippen LogP contribution is 2.36. The first kappa shape index (κ1) is 18.4. The van der Waals surface area contributed by atoms with E-state index in [1.807, 2.05) is 60.0 Å². The number of pyridine rings is 1. The summed E-state index contributed by atoms with van der Waals surface area (Å²) in [5, 5.41) is 11.6. The molecule has 1 N–H and O–H groups in total. The van der Waals surface area contributed by atoms with Crippen LogP contribution in [0, 0.1) is 0 Å². The summed E-state index contributed by atoms with van der Waals surface area (Å²) in [7, 11) is 1.64. The van der Waals surface area contributed by atoms with Gasteiger partial charge in [-0.15, -0.1) is 10.2 Å². The zero-order valence-corrected chi connectivity index (χ0v) is 16.1. The summed E-state index contributed by atoms with van der Waals surface area (Å²) in [5.41, 5.74) is 1.11. The van der Waals surface area contributed by atoms with Crippen LogP contribution in [-0.4, -0.2) is 40.8 Å². The van der Waals surface area contributed by atoms with Gasteiger partial charge in [-0.05, 0) is 49.6 Å². The van der Waals surface area contributed by atoms with E-state index in [0.29, 0.717) is 31.9 Å². The summed E-state index contributed by atoms with van der Waals surface area (Å²) in [6.45, 7) is 3.05. The van der Waals surface area contributed by atoms with Gasteiger partial charge < -0.3 is 14.8 Å². The minimum atomic E-state index is -0.626. The number of fused-ring (bicyclic) bond motifs is 1. The van der Waals surface area contributed by atoms with Gasteiger partial charge in [0.15, 0.2) is 11.5 Å². The zero-order chi connectivity index (χ0) is 19.6. The fourth-order valence-corrected chi connectivity index (χ4v) is 3.83. The van der Waals surface area contributed by atoms with Crippen molar-refractivity contribution in [2.45, 2.75) is 31.2 Å². The number of methoxy groups -OCH3 is 1. The molecule has 1 unspecified atom stereocenters. The number of nitrogens with zero attached hydrogens (tertiary/aromatic N) is 3. The number of carbonyl (C=O) groups excluding carboxylic acids is 1. The van der Waals surface area contributed by atoms with Gasteiger partial charge in [0.1, 0.15) is 5.75 Å². The first-order valence-electron chi connectivity index (χ1n) is 9.47. The predicted molar refractivity (Wildman–Crippen MR) is 104 cm³/mol. The van der Waals surface area contributed by atoms with Gasteiger partial charge in [-0.3, -0.25) is 9.20 Å². The largest absolute Gasteiger partial charge is 0.497 e. The molecule has 7 heteroatoms. The third kappa shape index (κ3) is 3.22. The Morgan fingerprint density at radius 2 is 1.93 bits per heavy atom. The lowest BCUT2D eigenvalue weighted by molar-refractivity contribution is -0.131. The van der Waals surface area contributed by atoms with E-state index in [1.165, 1.54) is 0 Å². The monoisotopic (exact) mass is 380 g/mol. The van der Waals surface area contributed by atoms with Gasteiger partial charge in [0.05, 0.1) is 18.6 Å². The van der Waals surface area contributed by atoms with Crippen molar-refractivity contribution in [3.05, 3.63) is 60.0 Å². The van der Waals surface area contributed by atoms with Crippen molar-refractivity contribution in [2.24, 2.45) is 0 Å². The molecule has 3 aromatic rings. The smallest absolute Gasteiger partial charge is 0.231 e. The number of aromatic nitrogens is 3. The van der Waals surface area contributed by atoms with Gasteiger partial charge in [-0.25, -0.2) is 0 Å². The molecular formula is C21H24N4O3. The summed E-state index contributed by atoms with van der Waals surface area (Å²) in [6, 6.07) is 13.2. The van der Waals surface area contributed by atoms with Crippen molar-refractivity contribution in [3.8, 4) is 5.75 Å². The average molecular weight is 380 g/mol.